The van der Waals surface area contributed by atoms with Crippen LogP contribution in [0, 0.1) is 5.92 Å². The van der Waals surface area contributed by atoms with Crippen molar-refractivity contribution in [3.63, 3.8) is 0 Å². The quantitative estimate of drug-likeness (QED) is 0.794. The van der Waals surface area contributed by atoms with Crippen molar-refractivity contribution >= 4 is 11.6 Å². The molecule has 0 atom stereocenters. The van der Waals surface area contributed by atoms with Crippen molar-refractivity contribution < 1.29 is 9.59 Å². The minimum Gasteiger partial charge on any atom is -0.293 e. The van der Waals surface area contributed by atoms with Gasteiger partial charge in [-0.1, -0.05) is 62.4 Å². The first-order valence-electron chi connectivity index (χ1n) is 7.34. The standard InChI is InChI=1S/C19H18O2/c1-12(2)14-9-7-13(8-10-14)11-17-18(20)15-5-3-4-6-16(15)19(17)21/h3-10,12,17H,11H2,1-2H3. The van der Waals surface area contributed by atoms with Crippen molar-refractivity contribution in [2.24, 2.45) is 5.92 Å². The summed E-state index contributed by atoms with van der Waals surface area (Å²) in [6.45, 7) is 4.30. The van der Waals surface area contributed by atoms with E-state index in [1.807, 2.05) is 24.3 Å². The number of hydrogen-bond acceptors (Lipinski definition) is 2. The lowest BCUT2D eigenvalue weighted by Crippen LogP contribution is -2.17. The van der Waals surface area contributed by atoms with E-state index in [2.05, 4.69) is 26.0 Å². The Labute approximate surface area is 124 Å². The molecule has 1 aliphatic carbocycles. The van der Waals surface area contributed by atoms with E-state index in [1.54, 1.807) is 12.1 Å². The number of rotatable bonds is 3. The lowest BCUT2D eigenvalue weighted by molar-refractivity contribution is 0.0838. The highest BCUT2D eigenvalue weighted by Crippen LogP contribution is 2.29. The SMILES string of the molecule is CC(C)c1ccc(CC2C(=O)c3ccccc3C2=O)cc1. The number of Topliss-reactive ketones (excluding diaryl/α,β-unsaturated/α-hetero) is 2. The minimum atomic E-state index is -0.549. The van der Waals surface area contributed by atoms with Gasteiger partial charge in [0.05, 0.1) is 5.92 Å². The maximum atomic E-state index is 12.4. The summed E-state index contributed by atoms with van der Waals surface area (Å²) in [4.78, 5) is 24.7. The second-order valence-electron chi connectivity index (χ2n) is 5.93. The van der Waals surface area contributed by atoms with Crippen LogP contribution in [0.25, 0.3) is 0 Å². The van der Waals surface area contributed by atoms with Crippen LogP contribution in [0.2, 0.25) is 0 Å². The molecule has 0 aliphatic heterocycles. The van der Waals surface area contributed by atoms with Gasteiger partial charge in [-0.15, -0.1) is 0 Å². The van der Waals surface area contributed by atoms with Gasteiger partial charge in [0.25, 0.3) is 0 Å². The molecule has 2 aromatic carbocycles. The van der Waals surface area contributed by atoms with E-state index in [9.17, 15) is 9.59 Å². The highest BCUT2D eigenvalue weighted by Gasteiger charge is 2.37. The molecule has 0 fully saturated rings. The number of carbonyl (C=O) groups is 2. The maximum Gasteiger partial charge on any atom is 0.174 e. The molecule has 0 unspecified atom stereocenters. The van der Waals surface area contributed by atoms with Crippen molar-refractivity contribution in [1.82, 2.24) is 0 Å². The van der Waals surface area contributed by atoms with E-state index >= 15 is 0 Å². The predicted octanol–water partition coefficient (Wildman–Crippen LogP) is 4.05. The Bertz CT molecular complexity index is 661. The van der Waals surface area contributed by atoms with Gasteiger partial charge in [-0.25, -0.2) is 0 Å². The highest BCUT2D eigenvalue weighted by atomic mass is 16.2. The summed E-state index contributed by atoms with van der Waals surface area (Å²) in [7, 11) is 0. The van der Waals surface area contributed by atoms with E-state index < -0.39 is 5.92 Å². The Morgan fingerprint density at radius 1 is 0.857 bits per heavy atom. The number of hydrogen-bond donors (Lipinski definition) is 0. The van der Waals surface area contributed by atoms with Crippen LogP contribution >= 0.6 is 0 Å². The van der Waals surface area contributed by atoms with Crippen molar-refractivity contribution in [3.05, 3.63) is 70.8 Å². The Morgan fingerprint density at radius 2 is 1.38 bits per heavy atom. The van der Waals surface area contributed by atoms with Gasteiger partial charge in [0, 0.05) is 11.1 Å². The zero-order valence-electron chi connectivity index (χ0n) is 12.3. The lowest BCUT2D eigenvalue weighted by Gasteiger charge is -2.09. The molecule has 0 heterocycles. The minimum absolute atomic E-state index is 0.0384. The van der Waals surface area contributed by atoms with Gasteiger partial charge in [0.15, 0.2) is 11.6 Å². The molecule has 0 saturated carbocycles. The number of ketones is 2. The topological polar surface area (TPSA) is 34.1 Å². The Kier molecular flexibility index (Phi) is 3.46. The van der Waals surface area contributed by atoms with Gasteiger partial charge >= 0.3 is 0 Å². The van der Waals surface area contributed by atoms with Crippen LogP contribution in [0.5, 0.6) is 0 Å². The molecule has 21 heavy (non-hydrogen) atoms. The molecule has 0 aromatic heterocycles. The van der Waals surface area contributed by atoms with E-state index in [1.165, 1.54) is 5.56 Å². The van der Waals surface area contributed by atoms with Crippen LogP contribution in [-0.4, -0.2) is 11.6 Å². The van der Waals surface area contributed by atoms with Crippen molar-refractivity contribution in [1.29, 1.82) is 0 Å². The van der Waals surface area contributed by atoms with Crippen LogP contribution in [-0.2, 0) is 6.42 Å². The van der Waals surface area contributed by atoms with Crippen molar-refractivity contribution in [3.8, 4) is 0 Å². The first-order valence-corrected chi connectivity index (χ1v) is 7.34. The maximum absolute atomic E-state index is 12.4. The summed E-state index contributed by atoms with van der Waals surface area (Å²) in [5, 5.41) is 0. The molecule has 0 saturated heterocycles. The van der Waals surface area contributed by atoms with Crippen molar-refractivity contribution in [2.75, 3.05) is 0 Å². The second kappa shape index (κ2) is 5.28. The van der Waals surface area contributed by atoms with Crippen molar-refractivity contribution in [2.45, 2.75) is 26.2 Å². The molecule has 2 nitrogen and oxygen atoms in total. The van der Waals surface area contributed by atoms with Crippen LogP contribution in [0.15, 0.2) is 48.5 Å². The fraction of sp³-hybridized carbons (Fsp3) is 0.263. The first-order chi connectivity index (χ1) is 10.1. The molecule has 0 bridgehead atoms. The first kappa shape index (κ1) is 13.7. The molecule has 2 aromatic rings. The number of carbonyl (C=O) groups excluding carboxylic acids is 2. The van der Waals surface area contributed by atoms with Gasteiger partial charge in [-0.3, -0.25) is 9.59 Å². The van der Waals surface area contributed by atoms with Gasteiger partial charge in [0.2, 0.25) is 0 Å². The van der Waals surface area contributed by atoms with Gasteiger partial charge in [-0.05, 0) is 23.5 Å². The molecule has 0 amide bonds. The molecule has 0 radical (unpaired) electrons. The van der Waals surface area contributed by atoms with E-state index in [-0.39, 0.29) is 11.6 Å². The molecule has 3 rings (SSSR count). The van der Waals surface area contributed by atoms with E-state index in [0.717, 1.165) is 5.56 Å². The monoisotopic (exact) mass is 278 g/mol. The molecule has 1 aliphatic rings. The van der Waals surface area contributed by atoms with E-state index in [0.29, 0.717) is 23.5 Å². The smallest absolute Gasteiger partial charge is 0.174 e. The third kappa shape index (κ3) is 2.42. The third-order valence-corrected chi connectivity index (χ3v) is 4.18. The second-order valence-corrected chi connectivity index (χ2v) is 5.93. The van der Waals surface area contributed by atoms with Crippen LogP contribution < -0.4 is 0 Å². The zero-order valence-corrected chi connectivity index (χ0v) is 12.3. The Morgan fingerprint density at radius 3 is 1.86 bits per heavy atom. The fourth-order valence-corrected chi connectivity index (χ4v) is 2.87. The van der Waals surface area contributed by atoms with Gasteiger partial charge in [0.1, 0.15) is 0 Å². The molecule has 0 N–H and O–H groups in total. The largest absolute Gasteiger partial charge is 0.293 e. The Balaban J connectivity index is 1.83. The number of fused-ring (bicyclic) bond motifs is 1. The summed E-state index contributed by atoms with van der Waals surface area (Å²) >= 11 is 0. The summed E-state index contributed by atoms with van der Waals surface area (Å²) in [5.41, 5.74) is 3.46. The zero-order chi connectivity index (χ0) is 15.0. The Hall–Kier alpha value is -2.22. The number of benzene rings is 2. The molecule has 2 heteroatoms. The normalized spacial score (nSPS) is 14.8. The van der Waals surface area contributed by atoms with Crippen LogP contribution in [0.1, 0.15) is 51.6 Å². The average Bonchev–Trinajstić information content (AvgIpc) is 2.73. The molecule has 0 spiro atoms. The summed E-state index contributed by atoms with van der Waals surface area (Å²) in [6.07, 6.45) is 0.491. The predicted molar refractivity (Wildman–Crippen MR) is 82.8 cm³/mol. The highest BCUT2D eigenvalue weighted by molar-refractivity contribution is 6.26. The third-order valence-electron chi connectivity index (χ3n) is 4.18. The lowest BCUT2D eigenvalue weighted by atomic mass is 9.93. The van der Waals surface area contributed by atoms with Gasteiger partial charge < -0.3 is 0 Å². The molecular formula is C19H18O2. The van der Waals surface area contributed by atoms with Crippen LogP contribution in [0.3, 0.4) is 0 Å². The fourth-order valence-electron chi connectivity index (χ4n) is 2.87. The molecular weight excluding hydrogens is 260 g/mol. The summed E-state index contributed by atoms with van der Waals surface area (Å²) in [5.74, 6) is -0.141. The molecule has 106 valence electrons. The average molecular weight is 278 g/mol. The van der Waals surface area contributed by atoms with Gasteiger partial charge in [-0.2, -0.15) is 0 Å². The summed E-state index contributed by atoms with van der Waals surface area (Å²) in [6, 6.07) is 15.3. The summed E-state index contributed by atoms with van der Waals surface area (Å²) < 4.78 is 0. The van der Waals surface area contributed by atoms with Crippen LogP contribution in [0.4, 0.5) is 0 Å². The van der Waals surface area contributed by atoms with E-state index in [4.69, 9.17) is 0 Å².